The molecule has 5 nitrogen and oxygen atoms in total. The van der Waals surface area contributed by atoms with Gasteiger partial charge >= 0.3 is 0 Å². The summed E-state index contributed by atoms with van der Waals surface area (Å²) in [6.45, 7) is 3.95. The number of nitrogens with one attached hydrogen (secondary N) is 1. The number of nitrogens with zero attached hydrogens (tertiary/aromatic N) is 2. The van der Waals surface area contributed by atoms with Crippen LogP contribution in [0.25, 0.3) is 0 Å². The molecule has 148 valence electrons. The lowest BCUT2D eigenvalue weighted by Crippen LogP contribution is -2.45. The molecule has 2 saturated heterocycles. The summed E-state index contributed by atoms with van der Waals surface area (Å²) < 4.78 is 0. The number of benzene rings is 1. The van der Waals surface area contributed by atoms with E-state index in [0.717, 1.165) is 25.9 Å². The van der Waals surface area contributed by atoms with Crippen LogP contribution in [0.4, 0.5) is 5.69 Å². The number of hydrogen-bond donors (Lipinski definition) is 1. The van der Waals surface area contributed by atoms with Gasteiger partial charge in [-0.1, -0.05) is 17.7 Å². The molecule has 4 rings (SSSR count). The third kappa shape index (κ3) is 4.24. The maximum atomic E-state index is 13.0. The topological polar surface area (TPSA) is 52.7 Å². The van der Waals surface area contributed by atoms with Crippen molar-refractivity contribution in [2.24, 2.45) is 0 Å². The Bertz CT molecular complexity index is 841. The summed E-state index contributed by atoms with van der Waals surface area (Å²) in [6, 6.07) is 9.29. The quantitative estimate of drug-likeness (QED) is 0.804. The lowest BCUT2D eigenvalue weighted by molar-refractivity contribution is 0.0644. The molecule has 7 heteroatoms. The minimum Gasteiger partial charge on any atom is -0.339 e. The van der Waals surface area contributed by atoms with Gasteiger partial charge < -0.3 is 15.1 Å². The molecule has 1 aromatic carbocycles. The van der Waals surface area contributed by atoms with Crippen molar-refractivity contribution in [2.45, 2.75) is 31.7 Å². The zero-order valence-electron chi connectivity index (χ0n) is 15.7. The Labute approximate surface area is 174 Å². The highest BCUT2D eigenvalue weighted by molar-refractivity contribution is 7.12. The molecule has 0 saturated carbocycles. The van der Waals surface area contributed by atoms with Crippen LogP contribution in [0.1, 0.15) is 45.7 Å². The Hall–Kier alpha value is -1.89. The van der Waals surface area contributed by atoms with Crippen LogP contribution in [-0.2, 0) is 0 Å². The number of halogens is 1. The first-order valence-electron chi connectivity index (χ1n) is 9.79. The van der Waals surface area contributed by atoms with Gasteiger partial charge in [0, 0.05) is 24.7 Å². The SMILES string of the molecule is O=C(Nc1cc(C(=O)N2CCC(N3CCCC3)CC2)ccc1Cl)c1cccs1. The van der Waals surface area contributed by atoms with Crippen LogP contribution in [0.3, 0.4) is 0 Å². The van der Waals surface area contributed by atoms with Crippen LogP contribution >= 0.6 is 22.9 Å². The largest absolute Gasteiger partial charge is 0.339 e. The molecular weight excluding hydrogens is 394 g/mol. The molecule has 1 aromatic heterocycles. The smallest absolute Gasteiger partial charge is 0.265 e. The number of piperidine rings is 1. The van der Waals surface area contributed by atoms with Gasteiger partial charge in [0.2, 0.25) is 0 Å². The van der Waals surface area contributed by atoms with E-state index < -0.39 is 0 Å². The van der Waals surface area contributed by atoms with Gasteiger partial charge in [-0.3, -0.25) is 9.59 Å². The van der Waals surface area contributed by atoms with Crippen LogP contribution in [0, 0.1) is 0 Å². The summed E-state index contributed by atoms with van der Waals surface area (Å²) in [5.74, 6) is -0.212. The highest BCUT2D eigenvalue weighted by Crippen LogP contribution is 2.27. The first kappa shape index (κ1) is 19.4. The molecule has 0 spiro atoms. The molecule has 2 amide bonds. The van der Waals surface area contributed by atoms with Crippen molar-refractivity contribution < 1.29 is 9.59 Å². The Morgan fingerprint density at radius 3 is 2.50 bits per heavy atom. The maximum absolute atomic E-state index is 13.0. The molecule has 0 radical (unpaired) electrons. The molecule has 0 bridgehead atoms. The van der Waals surface area contributed by atoms with Gasteiger partial charge in [-0.15, -0.1) is 11.3 Å². The summed E-state index contributed by atoms with van der Waals surface area (Å²) in [5.41, 5.74) is 1.03. The number of hydrogen-bond acceptors (Lipinski definition) is 4. The first-order chi connectivity index (χ1) is 13.6. The molecule has 28 heavy (non-hydrogen) atoms. The van der Waals surface area contributed by atoms with Gasteiger partial charge in [0.25, 0.3) is 11.8 Å². The molecule has 2 aliphatic rings. The van der Waals surface area contributed by atoms with Crippen LogP contribution in [0.15, 0.2) is 35.7 Å². The summed E-state index contributed by atoms with van der Waals surface area (Å²) in [5, 5.41) is 5.09. The predicted octanol–water partition coefficient (Wildman–Crippen LogP) is 4.35. The molecule has 2 aromatic rings. The number of thiophene rings is 1. The fourth-order valence-corrected chi connectivity index (χ4v) is 4.85. The van der Waals surface area contributed by atoms with Gasteiger partial charge in [-0.25, -0.2) is 0 Å². The fraction of sp³-hybridized carbons (Fsp3) is 0.429. The van der Waals surface area contributed by atoms with E-state index in [2.05, 4.69) is 10.2 Å². The van der Waals surface area contributed by atoms with Gasteiger partial charge in [0.1, 0.15) is 0 Å². The Kier molecular flexibility index (Phi) is 5.99. The number of carbonyl (C=O) groups is 2. The maximum Gasteiger partial charge on any atom is 0.265 e. The van der Waals surface area contributed by atoms with Crippen molar-refractivity contribution in [3.05, 3.63) is 51.2 Å². The molecule has 0 atom stereocenters. The van der Waals surface area contributed by atoms with E-state index in [1.54, 1.807) is 24.3 Å². The Morgan fingerprint density at radius 1 is 1.07 bits per heavy atom. The number of amides is 2. The zero-order chi connectivity index (χ0) is 19.5. The molecular formula is C21H24ClN3O2S. The number of likely N-dealkylation sites (tertiary alicyclic amines) is 2. The molecule has 1 N–H and O–H groups in total. The minimum absolute atomic E-state index is 0.00293. The third-order valence-electron chi connectivity index (χ3n) is 5.62. The van der Waals surface area contributed by atoms with Crippen molar-refractivity contribution in [1.82, 2.24) is 9.80 Å². The molecule has 0 aliphatic carbocycles. The van der Waals surface area contributed by atoms with Crippen molar-refractivity contribution in [3.63, 3.8) is 0 Å². The lowest BCUT2D eigenvalue weighted by Gasteiger charge is -2.36. The first-order valence-corrected chi connectivity index (χ1v) is 11.1. The third-order valence-corrected chi connectivity index (χ3v) is 6.81. The van der Waals surface area contributed by atoms with Crippen molar-refractivity contribution >= 4 is 40.4 Å². The second-order valence-corrected chi connectivity index (χ2v) is 8.75. The normalized spacial score (nSPS) is 18.4. The van der Waals surface area contributed by atoms with Crippen molar-refractivity contribution in [2.75, 3.05) is 31.5 Å². The summed E-state index contributed by atoms with van der Waals surface area (Å²) in [7, 11) is 0. The van der Waals surface area contributed by atoms with E-state index in [1.807, 2.05) is 16.3 Å². The second-order valence-electron chi connectivity index (χ2n) is 7.39. The average molecular weight is 418 g/mol. The molecule has 0 unspecified atom stereocenters. The monoisotopic (exact) mass is 417 g/mol. The second kappa shape index (κ2) is 8.64. The Balaban J connectivity index is 1.41. The van der Waals surface area contributed by atoms with E-state index in [0.29, 0.717) is 27.2 Å². The van der Waals surface area contributed by atoms with Crippen molar-refractivity contribution in [3.8, 4) is 0 Å². The highest BCUT2D eigenvalue weighted by atomic mass is 35.5. The fourth-order valence-electron chi connectivity index (χ4n) is 4.07. The minimum atomic E-state index is -0.215. The van der Waals surface area contributed by atoms with Gasteiger partial charge in [0.05, 0.1) is 15.6 Å². The van der Waals surface area contributed by atoms with E-state index >= 15 is 0 Å². The van der Waals surface area contributed by atoms with Gasteiger partial charge in [-0.05, 0) is 68.4 Å². The summed E-state index contributed by atoms with van der Waals surface area (Å²) >= 11 is 7.61. The molecule has 2 fully saturated rings. The summed E-state index contributed by atoms with van der Waals surface area (Å²) in [6.07, 6.45) is 4.65. The van der Waals surface area contributed by atoms with E-state index in [4.69, 9.17) is 11.6 Å². The standard InChI is InChI=1S/C21H24ClN3O2S/c22-17-6-5-15(14-18(17)23-20(26)19-4-3-13-28-19)21(27)25-11-7-16(8-12-25)24-9-1-2-10-24/h3-6,13-14,16H,1-2,7-12H2,(H,23,26). The number of carbonyl (C=O) groups excluding carboxylic acids is 2. The van der Waals surface area contributed by atoms with E-state index in [9.17, 15) is 9.59 Å². The zero-order valence-corrected chi connectivity index (χ0v) is 17.3. The van der Waals surface area contributed by atoms with Crippen LogP contribution in [-0.4, -0.2) is 53.8 Å². The predicted molar refractivity (Wildman–Crippen MR) is 113 cm³/mol. The van der Waals surface area contributed by atoms with Crippen LogP contribution in [0.5, 0.6) is 0 Å². The van der Waals surface area contributed by atoms with Crippen LogP contribution < -0.4 is 5.32 Å². The summed E-state index contributed by atoms with van der Waals surface area (Å²) in [4.78, 5) is 30.4. The number of anilines is 1. The van der Waals surface area contributed by atoms with Crippen LogP contribution in [0.2, 0.25) is 5.02 Å². The highest BCUT2D eigenvalue weighted by Gasteiger charge is 2.28. The van der Waals surface area contributed by atoms with E-state index in [-0.39, 0.29) is 11.8 Å². The van der Waals surface area contributed by atoms with Crippen molar-refractivity contribution in [1.29, 1.82) is 0 Å². The lowest BCUT2D eigenvalue weighted by atomic mass is 10.0. The average Bonchev–Trinajstić information content (AvgIpc) is 3.43. The number of rotatable bonds is 4. The Morgan fingerprint density at radius 2 is 1.82 bits per heavy atom. The van der Waals surface area contributed by atoms with Gasteiger partial charge in [-0.2, -0.15) is 0 Å². The molecule has 3 heterocycles. The molecule has 2 aliphatic heterocycles. The van der Waals surface area contributed by atoms with E-state index in [1.165, 1.54) is 37.3 Å². The van der Waals surface area contributed by atoms with Gasteiger partial charge in [0.15, 0.2) is 0 Å².